The van der Waals surface area contributed by atoms with Gasteiger partial charge < -0.3 is 9.47 Å². The highest BCUT2D eigenvalue weighted by Gasteiger charge is 2.10. The fourth-order valence-electron chi connectivity index (χ4n) is 0.841. The first-order chi connectivity index (χ1) is 6.77. The summed E-state index contributed by atoms with van der Waals surface area (Å²) in [5.74, 6) is 0.577. The van der Waals surface area contributed by atoms with Gasteiger partial charge in [-0.1, -0.05) is 0 Å². The molecular formula is C9H12N2O3. The highest BCUT2D eigenvalue weighted by molar-refractivity contribution is 5.84. The molecule has 0 bridgehead atoms. The van der Waals surface area contributed by atoms with Gasteiger partial charge in [-0.05, 0) is 13.0 Å². The lowest BCUT2D eigenvalue weighted by atomic mass is 10.5. The van der Waals surface area contributed by atoms with Gasteiger partial charge in [-0.2, -0.15) is 0 Å². The smallest absolute Gasteiger partial charge is 0.419 e. The molecular weight excluding hydrogens is 184 g/mol. The number of allylic oxidation sites excluding steroid dienone is 1. The molecule has 0 atom stereocenters. The lowest BCUT2D eigenvalue weighted by Gasteiger charge is -2.10. The van der Waals surface area contributed by atoms with Crippen molar-refractivity contribution in [2.24, 2.45) is 4.99 Å². The van der Waals surface area contributed by atoms with E-state index in [1.807, 2.05) is 0 Å². The van der Waals surface area contributed by atoms with Gasteiger partial charge in [0.15, 0.2) is 0 Å². The van der Waals surface area contributed by atoms with Crippen LogP contribution < -0.4 is 0 Å². The Bertz CT molecular complexity index is 294. The Labute approximate surface area is 82.3 Å². The zero-order chi connectivity index (χ0) is 10.4. The van der Waals surface area contributed by atoms with Crippen molar-refractivity contribution in [3.05, 3.63) is 24.2 Å². The van der Waals surface area contributed by atoms with Crippen LogP contribution >= 0.6 is 0 Å². The van der Waals surface area contributed by atoms with E-state index in [0.29, 0.717) is 12.4 Å². The van der Waals surface area contributed by atoms with E-state index in [9.17, 15) is 4.79 Å². The molecule has 1 rings (SSSR count). The number of ether oxygens (including phenoxy) is 2. The van der Waals surface area contributed by atoms with Gasteiger partial charge in [-0.3, -0.25) is 0 Å². The lowest BCUT2D eigenvalue weighted by Crippen LogP contribution is -2.24. The predicted molar refractivity (Wildman–Crippen MR) is 51.6 cm³/mol. The highest BCUT2D eigenvalue weighted by Crippen LogP contribution is 2.04. The first-order valence-electron chi connectivity index (χ1n) is 4.18. The number of aliphatic imine (C=N–C) groups is 1. The van der Waals surface area contributed by atoms with Gasteiger partial charge in [0.1, 0.15) is 12.1 Å². The SMILES string of the molecule is CCOC(=O)N1C=CC(OC)=CN=C1. The first-order valence-corrected chi connectivity index (χ1v) is 4.18. The zero-order valence-electron chi connectivity index (χ0n) is 8.14. The molecule has 0 N–H and O–H groups in total. The maximum Gasteiger partial charge on any atom is 0.419 e. The molecule has 1 heterocycles. The van der Waals surface area contributed by atoms with E-state index in [2.05, 4.69) is 4.99 Å². The topological polar surface area (TPSA) is 51.1 Å². The number of carbonyl (C=O) groups excluding carboxylic acids is 1. The molecule has 0 aromatic heterocycles. The minimum absolute atomic E-state index is 0.335. The third-order valence-corrected chi connectivity index (χ3v) is 1.51. The van der Waals surface area contributed by atoms with Gasteiger partial charge in [0.2, 0.25) is 0 Å². The van der Waals surface area contributed by atoms with Crippen LogP contribution in [0, 0.1) is 0 Å². The number of carbonyl (C=O) groups is 1. The summed E-state index contributed by atoms with van der Waals surface area (Å²) in [6.07, 6.45) is 5.57. The molecule has 1 aliphatic heterocycles. The number of nitrogens with zero attached hydrogens (tertiary/aromatic N) is 2. The van der Waals surface area contributed by atoms with E-state index in [0.717, 1.165) is 0 Å². The van der Waals surface area contributed by atoms with E-state index in [-0.39, 0.29) is 0 Å². The molecule has 0 saturated heterocycles. The van der Waals surface area contributed by atoms with E-state index in [1.165, 1.54) is 30.7 Å². The molecule has 0 fully saturated rings. The Morgan fingerprint density at radius 3 is 3.07 bits per heavy atom. The van der Waals surface area contributed by atoms with Gasteiger partial charge in [0.25, 0.3) is 0 Å². The van der Waals surface area contributed by atoms with Gasteiger partial charge in [0.05, 0.1) is 19.9 Å². The Balaban J connectivity index is 2.65. The lowest BCUT2D eigenvalue weighted by molar-refractivity contribution is 0.138. The van der Waals surface area contributed by atoms with Crippen molar-refractivity contribution >= 4 is 12.4 Å². The van der Waals surface area contributed by atoms with Crippen molar-refractivity contribution in [2.75, 3.05) is 13.7 Å². The number of hydrogen-bond acceptors (Lipinski definition) is 4. The Kier molecular flexibility index (Phi) is 3.72. The summed E-state index contributed by atoms with van der Waals surface area (Å²) < 4.78 is 9.73. The number of hydrogen-bond donors (Lipinski definition) is 0. The minimum atomic E-state index is -0.460. The molecule has 0 aromatic carbocycles. The Morgan fingerprint density at radius 2 is 2.43 bits per heavy atom. The molecule has 0 aliphatic carbocycles. The van der Waals surface area contributed by atoms with Crippen molar-refractivity contribution in [3.8, 4) is 0 Å². The minimum Gasteiger partial charge on any atom is -0.495 e. The van der Waals surface area contributed by atoms with E-state index in [4.69, 9.17) is 9.47 Å². The van der Waals surface area contributed by atoms with Crippen LogP contribution in [0.3, 0.4) is 0 Å². The van der Waals surface area contributed by atoms with E-state index < -0.39 is 6.09 Å². The van der Waals surface area contributed by atoms with E-state index in [1.54, 1.807) is 13.0 Å². The summed E-state index contributed by atoms with van der Waals surface area (Å²) in [4.78, 5) is 16.3. The second-order valence-corrected chi connectivity index (χ2v) is 2.42. The zero-order valence-corrected chi connectivity index (χ0v) is 8.14. The number of methoxy groups -OCH3 is 1. The first kappa shape index (κ1) is 10.3. The predicted octanol–water partition coefficient (Wildman–Crippen LogP) is 1.49. The van der Waals surface area contributed by atoms with Crippen molar-refractivity contribution in [3.63, 3.8) is 0 Å². The van der Waals surface area contributed by atoms with Crippen LogP contribution in [0.1, 0.15) is 6.92 Å². The summed E-state index contributed by atoms with van der Waals surface area (Å²) in [6.45, 7) is 2.08. The van der Waals surface area contributed by atoms with Crippen LogP contribution in [-0.2, 0) is 9.47 Å². The summed E-state index contributed by atoms with van der Waals surface area (Å²) in [6, 6.07) is 0. The summed E-state index contributed by atoms with van der Waals surface area (Å²) in [5, 5.41) is 0. The van der Waals surface area contributed by atoms with Crippen molar-refractivity contribution in [1.29, 1.82) is 0 Å². The third kappa shape index (κ3) is 2.62. The second-order valence-electron chi connectivity index (χ2n) is 2.42. The fraction of sp³-hybridized carbons (Fsp3) is 0.333. The number of amides is 1. The molecule has 1 aliphatic rings. The van der Waals surface area contributed by atoms with Crippen LogP contribution in [-0.4, -0.2) is 31.0 Å². The molecule has 1 amide bonds. The van der Waals surface area contributed by atoms with Crippen molar-refractivity contribution in [2.45, 2.75) is 6.92 Å². The van der Waals surface area contributed by atoms with E-state index >= 15 is 0 Å². The van der Waals surface area contributed by atoms with Crippen LogP contribution in [0.25, 0.3) is 0 Å². The van der Waals surface area contributed by atoms with Gasteiger partial charge >= 0.3 is 6.09 Å². The quantitative estimate of drug-likeness (QED) is 0.672. The largest absolute Gasteiger partial charge is 0.495 e. The van der Waals surface area contributed by atoms with Crippen LogP contribution in [0.2, 0.25) is 0 Å². The Morgan fingerprint density at radius 1 is 1.64 bits per heavy atom. The third-order valence-electron chi connectivity index (χ3n) is 1.51. The molecule has 0 radical (unpaired) electrons. The highest BCUT2D eigenvalue weighted by atomic mass is 16.6. The van der Waals surface area contributed by atoms with Gasteiger partial charge in [-0.25, -0.2) is 14.7 Å². The molecule has 0 spiro atoms. The fourth-order valence-corrected chi connectivity index (χ4v) is 0.841. The number of rotatable bonds is 2. The maximum absolute atomic E-state index is 11.2. The average Bonchev–Trinajstić information content (AvgIpc) is 2.42. The molecule has 0 saturated carbocycles. The average molecular weight is 196 g/mol. The summed E-state index contributed by atoms with van der Waals surface area (Å²) in [5.41, 5.74) is 0. The monoisotopic (exact) mass is 196 g/mol. The summed E-state index contributed by atoms with van der Waals surface area (Å²) in [7, 11) is 1.53. The standard InChI is InChI=1S/C9H12N2O3/c1-3-14-9(12)11-5-4-8(13-2)6-10-7-11/h4-7H,3H2,1-2H3. The molecule has 14 heavy (non-hydrogen) atoms. The van der Waals surface area contributed by atoms with Crippen LogP contribution in [0.15, 0.2) is 29.2 Å². The maximum atomic E-state index is 11.2. The van der Waals surface area contributed by atoms with Crippen molar-refractivity contribution in [1.82, 2.24) is 4.90 Å². The Hall–Kier alpha value is -1.78. The van der Waals surface area contributed by atoms with Gasteiger partial charge in [0, 0.05) is 6.20 Å². The van der Waals surface area contributed by atoms with Crippen molar-refractivity contribution < 1.29 is 14.3 Å². The molecule has 5 nitrogen and oxygen atoms in total. The molecule has 0 unspecified atom stereocenters. The second kappa shape index (κ2) is 5.06. The molecule has 5 heteroatoms. The van der Waals surface area contributed by atoms with Crippen LogP contribution in [0.4, 0.5) is 4.79 Å². The summed E-state index contributed by atoms with van der Waals surface area (Å²) >= 11 is 0. The molecule has 0 aromatic rings. The normalized spacial score (nSPS) is 14.7. The van der Waals surface area contributed by atoms with Gasteiger partial charge in [-0.15, -0.1) is 0 Å². The van der Waals surface area contributed by atoms with Crippen LogP contribution in [0.5, 0.6) is 0 Å². The molecule has 76 valence electrons.